The van der Waals surface area contributed by atoms with Crippen LogP contribution in [0.25, 0.3) is 0 Å². The van der Waals surface area contributed by atoms with Gasteiger partial charge in [-0.25, -0.2) is 0 Å². The van der Waals surface area contributed by atoms with Crippen molar-refractivity contribution in [2.24, 2.45) is 0 Å². The molecule has 0 aliphatic rings. The van der Waals surface area contributed by atoms with E-state index in [2.05, 4.69) is 0 Å². The van der Waals surface area contributed by atoms with Crippen molar-refractivity contribution in [2.45, 2.75) is 0 Å². The Morgan fingerprint density at radius 2 is 1.00 bits per heavy atom. The van der Waals surface area contributed by atoms with Crippen molar-refractivity contribution in [3.8, 4) is 0 Å². The van der Waals surface area contributed by atoms with E-state index in [1.165, 1.54) is 0 Å². The van der Waals surface area contributed by atoms with Gasteiger partial charge in [-0.2, -0.15) is 0 Å². The third-order valence-corrected chi connectivity index (χ3v) is 0. The van der Waals surface area contributed by atoms with Crippen LogP contribution in [-0.4, -0.2) is 25.8 Å². The largest absolute Gasteiger partial charge is 3.00 e. The standard InChI is InChI=1S/Fe.In.O.Zn/q+2;+3;-2;+2. The van der Waals surface area contributed by atoms with Gasteiger partial charge in [-0.1, -0.05) is 0 Å². The van der Waals surface area contributed by atoms with E-state index in [0.29, 0.717) is 0 Å². The van der Waals surface area contributed by atoms with E-state index in [-0.39, 0.29) is 67.9 Å². The third kappa shape index (κ3) is 9.02. The molecule has 0 saturated heterocycles. The minimum atomic E-state index is 0. The first-order chi connectivity index (χ1) is 0. The van der Waals surface area contributed by atoms with E-state index in [1.807, 2.05) is 0 Å². The molecule has 1 nitrogen and oxygen atoms in total. The molecular weight excluding hydrogens is 252 g/mol. The molecule has 0 aromatic rings. The summed E-state index contributed by atoms with van der Waals surface area (Å²) in [6.07, 6.45) is 0. The van der Waals surface area contributed by atoms with Gasteiger partial charge in [-0.3, -0.25) is 0 Å². The first-order valence-corrected chi connectivity index (χ1v) is 0. The molecule has 4 heteroatoms. The number of hydrogen-bond donors (Lipinski definition) is 0. The van der Waals surface area contributed by atoms with Crippen molar-refractivity contribution in [3.05, 3.63) is 0 Å². The Kier molecular flexibility index (Phi) is 191. The molecule has 0 heterocycles. The summed E-state index contributed by atoms with van der Waals surface area (Å²) in [6.45, 7) is 0. The summed E-state index contributed by atoms with van der Waals surface area (Å²) in [5.74, 6) is 0. The van der Waals surface area contributed by atoms with Gasteiger partial charge in [-0.05, 0) is 0 Å². The summed E-state index contributed by atoms with van der Waals surface area (Å²) >= 11 is 0. The van der Waals surface area contributed by atoms with Crippen LogP contribution in [0.15, 0.2) is 0 Å². The molecule has 0 fully saturated rings. The van der Waals surface area contributed by atoms with Gasteiger partial charge in [0.1, 0.15) is 0 Å². The molecular formula is FeInOZn+5. The first-order valence-electron chi connectivity index (χ1n) is 0. The van der Waals surface area contributed by atoms with Crippen molar-refractivity contribution in [3.63, 3.8) is 0 Å². The van der Waals surface area contributed by atoms with Crippen LogP contribution in [-0.2, 0) is 42.0 Å². The van der Waals surface area contributed by atoms with Gasteiger partial charge in [0.25, 0.3) is 0 Å². The van der Waals surface area contributed by atoms with Gasteiger partial charge in [0, 0.05) is 0 Å². The van der Waals surface area contributed by atoms with Crippen LogP contribution >= 0.6 is 0 Å². The Balaban J connectivity index is 0. The van der Waals surface area contributed by atoms with Gasteiger partial charge in [0.15, 0.2) is 0 Å². The number of rotatable bonds is 0. The van der Waals surface area contributed by atoms with Crippen molar-refractivity contribution < 1.29 is 42.0 Å². The van der Waals surface area contributed by atoms with Crippen LogP contribution in [0.1, 0.15) is 0 Å². The Hall–Kier alpha value is 1.97. The molecule has 4 heavy (non-hydrogen) atoms. The predicted molar refractivity (Wildman–Crippen MR) is 6.44 cm³/mol. The predicted octanol–water partition coefficient (Wildman–Crippen LogP) is -0.505. The second-order valence-electron chi connectivity index (χ2n) is 0. The summed E-state index contributed by atoms with van der Waals surface area (Å²) in [7, 11) is 0. The Bertz CT molecular complexity index is 8.00. The maximum Gasteiger partial charge on any atom is 3.00 e. The minimum Gasteiger partial charge on any atom is -2.00 e. The third-order valence-electron chi connectivity index (χ3n) is 0. The van der Waals surface area contributed by atoms with Crippen LogP contribution in [0.5, 0.6) is 0 Å². The van der Waals surface area contributed by atoms with Gasteiger partial charge >= 0.3 is 62.4 Å². The first kappa shape index (κ1) is 37.9. The van der Waals surface area contributed by atoms with E-state index >= 15 is 0 Å². The maximum atomic E-state index is 0. The molecule has 0 saturated carbocycles. The van der Waals surface area contributed by atoms with Gasteiger partial charge in [0.05, 0.1) is 0 Å². The zero-order chi connectivity index (χ0) is 0. The van der Waals surface area contributed by atoms with Crippen molar-refractivity contribution in [1.29, 1.82) is 0 Å². The fraction of sp³-hybridized carbons (Fsp3) is 0. The zero-order valence-electron chi connectivity index (χ0n) is 2.05. The van der Waals surface area contributed by atoms with E-state index in [1.54, 1.807) is 0 Å². The van der Waals surface area contributed by atoms with Gasteiger partial charge in [-0.15, -0.1) is 0 Å². The van der Waals surface area contributed by atoms with Crippen LogP contribution in [0.4, 0.5) is 0 Å². The summed E-state index contributed by atoms with van der Waals surface area (Å²) < 4.78 is 0. The summed E-state index contributed by atoms with van der Waals surface area (Å²) in [5.41, 5.74) is 0. The molecule has 0 unspecified atom stereocenters. The number of hydrogen-bond acceptors (Lipinski definition) is 0. The topological polar surface area (TPSA) is 28.5 Å². The van der Waals surface area contributed by atoms with Gasteiger partial charge < -0.3 is 5.48 Å². The maximum absolute atomic E-state index is 0. The molecule has 14 valence electrons. The monoisotopic (exact) mass is 251 g/mol. The molecule has 0 atom stereocenters. The second-order valence-corrected chi connectivity index (χ2v) is 0. The smallest absolute Gasteiger partial charge is 2.00 e. The molecule has 0 bridgehead atoms. The summed E-state index contributed by atoms with van der Waals surface area (Å²) in [6, 6.07) is 0. The quantitative estimate of drug-likeness (QED) is 0.520. The van der Waals surface area contributed by atoms with Crippen molar-refractivity contribution in [1.82, 2.24) is 0 Å². The molecule has 0 aromatic heterocycles. The second kappa shape index (κ2) is 20.2. The molecule has 0 aromatic carbocycles. The van der Waals surface area contributed by atoms with E-state index in [4.69, 9.17) is 0 Å². The van der Waals surface area contributed by atoms with Crippen molar-refractivity contribution in [2.75, 3.05) is 0 Å². The van der Waals surface area contributed by atoms with Crippen LogP contribution in [0.3, 0.4) is 0 Å². The zero-order valence-corrected chi connectivity index (χ0v) is 9.41. The van der Waals surface area contributed by atoms with E-state index < -0.39 is 0 Å². The SMILES string of the molecule is [Fe+2].[In+3].[O-2].[Zn+2]. The average molecular weight is 252 g/mol. The normalized spacial score (nSPS) is 0. The molecule has 0 aliphatic heterocycles. The Labute approximate surface area is 67.2 Å². The molecule has 0 aliphatic carbocycles. The average Bonchev–Trinajstić information content (AvgIpc) is 0. The molecule has 0 amide bonds. The van der Waals surface area contributed by atoms with Crippen LogP contribution in [0.2, 0.25) is 0 Å². The fourth-order valence-corrected chi connectivity index (χ4v) is 0. The van der Waals surface area contributed by atoms with E-state index in [0.717, 1.165) is 0 Å². The molecule has 0 rings (SSSR count). The summed E-state index contributed by atoms with van der Waals surface area (Å²) in [4.78, 5) is 0. The Morgan fingerprint density at radius 3 is 1.00 bits per heavy atom. The minimum absolute atomic E-state index is 0. The molecule has 0 spiro atoms. The van der Waals surface area contributed by atoms with Crippen LogP contribution in [0, 0.1) is 0 Å². The van der Waals surface area contributed by atoms with Gasteiger partial charge in [0.2, 0.25) is 0 Å². The molecule has 0 N–H and O–H groups in total. The summed E-state index contributed by atoms with van der Waals surface area (Å²) in [5, 5.41) is 0. The van der Waals surface area contributed by atoms with Crippen LogP contribution < -0.4 is 0 Å². The van der Waals surface area contributed by atoms with Crippen molar-refractivity contribution >= 4 is 25.8 Å². The fourth-order valence-electron chi connectivity index (χ4n) is 0. The molecule has 0 radical (unpaired) electrons. The van der Waals surface area contributed by atoms with E-state index in [9.17, 15) is 0 Å². The Morgan fingerprint density at radius 1 is 1.00 bits per heavy atom.